The number of hydrogen-bond acceptors (Lipinski definition) is 3. The third kappa shape index (κ3) is 2.69. The third-order valence-corrected chi connectivity index (χ3v) is 4.11. The molecule has 1 aliphatic carbocycles. The van der Waals surface area contributed by atoms with E-state index in [1.54, 1.807) is 6.07 Å². The predicted octanol–water partition coefficient (Wildman–Crippen LogP) is 4.27. The lowest BCUT2D eigenvalue weighted by molar-refractivity contribution is -0.137. The maximum absolute atomic E-state index is 14.2. The largest absolute Gasteiger partial charge is 0.418 e. The fraction of sp³-hybridized carbons (Fsp3) is 0.250. The third-order valence-electron chi connectivity index (χ3n) is 4.11. The van der Waals surface area contributed by atoms with Crippen LogP contribution in [0.1, 0.15) is 28.8 Å². The SMILES string of the molecule is N#Cc1ccc(-n2cc(C(F)(F)F)c3c2CCC(F)(F)/C3=N\O)c(F)c1. The molecule has 1 aromatic heterocycles. The van der Waals surface area contributed by atoms with Crippen molar-refractivity contribution < 1.29 is 31.5 Å². The highest BCUT2D eigenvalue weighted by molar-refractivity contribution is 6.08. The number of rotatable bonds is 1. The summed E-state index contributed by atoms with van der Waals surface area (Å²) < 4.78 is 83.0. The average Bonchev–Trinajstić information content (AvgIpc) is 2.93. The van der Waals surface area contributed by atoms with Crippen LogP contribution in [0, 0.1) is 17.1 Å². The van der Waals surface area contributed by atoms with Crippen molar-refractivity contribution in [2.45, 2.75) is 24.9 Å². The Morgan fingerprint density at radius 2 is 1.96 bits per heavy atom. The molecular weight excluding hydrogens is 364 g/mol. The normalized spacial score (nSPS) is 17.8. The van der Waals surface area contributed by atoms with E-state index in [9.17, 15) is 26.3 Å². The Bertz CT molecular complexity index is 952. The summed E-state index contributed by atoms with van der Waals surface area (Å²) in [7, 11) is 0. The van der Waals surface area contributed by atoms with Gasteiger partial charge in [0.2, 0.25) is 0 Å². The Hall–Kier alpha value is -2.96. The topological polar surface area (TPSA) is 61.3 Å². The van der Waals surface area contributed by atoms with Crippen molar-refractivity contribution in [1.82, 2.24) is 4.57 Å². The van der Waals surface area contributed by atoms with Crippen molar-refractivity contribution in [2.24, 2.45) is 5.16 Å². The zero-order chi connectivity index (χ0) is 19.3. The molecule has 0 unspecified atom stereocenters. The Kier molecular flexibility index (Phi) is 3.98. The van der Waals surface area contributed by atoms with Crippen LogP contribution in [0.4, 0.5) is 26.3 Å². The molecule has 2 aromatic rings. The molecule has 1 heterocycles. The smallest absolute Gasteiger partial charge is 0.410 e. The zero-order valence-electron chi connectivity index (χ0n) is 12.8. The summed E-state index contributed by atoms with van der Waals surface area (Å²) in [6, 6.07) is 4.78. The summed E-state index contributed by atoms with van der Waals surface area (Å²) >= 11 is 0. The van der Waals surface area contributed by atoms with Gasteiger partial charge in [-0.2, -0.15) is 27.2 Å². The Labute approximate surface area is 142 Å². The second-order valence-corrected chi connectivity index (χ2v) is 5.66. The first-order chi connectivity index (χ1) is 12.1. The van der Waals surface area contributed by atoms with Crippen LogP contribution < -0.4 is 0 Å². The number of nitriles is 1. The van der Waals surface area contributed by atoms with Gasteiger partial charge in [-0.1, -0.05) is 5.16 Å². The van der Waals surface area contributed by atoms with E-state index in [0.717, 1.165) is 16.7 Å². The lowest BCUT2D eigenvalue weighted by Crippen LogP contribution is -2.36. The molecule has 0 atom stereocenters. The Morgan fingerprint density at radius 3 is 2.50 bits per heavy atom. The van der Waals surface area contributed by atoms with Gasteiger partial charge < -0.3 is 9.77 Å². The van der Waals surface area contributed by atoms with E-state index < -0.39 is 47.6 Å². The number of aromatic nitrogens is 1. The summed E-state index contributed by atoms with van der Waals surface area (Å²) in [4.78, 5) is 0. The molecule has 0 bridgehead atoms. The van der Waals surface area contributed by atoms with Gasteiger partial charge in [-0.3, -0.25) is 0 Å². The first-order valence-electron chi connectivity index (χ1n) is 7.22. The van der Waals surface area contributed by atoms with Gasteiger partial charge in [0.15, 0.2) is 5.71 Å². The molecule has 26 heavy (non-hydrogen) atoms. The Balaban J connectivity index is 2.32. The molecule has 136 valence electrons. The lowest BCUT2D eigenvalue weighted by Gasteiger charge is -2.25. The van der Waals surface area contributed by atoms with Gasteiger partial charge in [0.05, 0.1) is 22.9 Å². The van der Waals surface area contributed by atoms with E-state index >= 15 is 0 Å². The molecule has 0 radical (unpaired) electrons. The number of fused-ring (bicyclic) bond motifs is 1. The second-order valence-electron chi connectivity index (χ2n) is 5.66. The van der Waals surface area contributed by atoms with Crippen molar-refractivity contribution in [3.8, 4) is 11.8 Å². The molecular formula is C16H9F6N3O. The van der Waals surface area contributed by atoms with Crippen LogP contribution in [-0.2, 0) is 12.6 Å². The van der Waals surface area contributed by atoms with Crippen LogP contribution in [0.25, 0.3) is 5.69 Å². The molecule has 4 nitrogen and oxygen atoms in total. The maximum Gasteiger partial charge on any atom is 0.418 e. The molecule has 1 aliphatic rings. The van der Waals surface area contributed by atoms with E-state index in [1.165, 1.54) is 6.07 Å². The van der Waals surface area contributed by atoms with Gasteiger partial charge in [-0.15, -0.1) is 0 Å². The van der Waals surface area contributed by atoms with Crippen LogP contribution in [-0.4, -0.2) is 21.4 Å². The van der Waals surface area contributed by atoms with E-state index in [4.69, 9.17) is 10.5 Å². The number of alkyl halides is 5. The molecule has 1 N–H and O–H groups in total. The molecule has 0 saturated carbocycles. The average molecular weight is 373 g/mol. The molecule has 0 amide bonds. The molecule has 0 spiro atoms. The van der Waals surface area contributed by atoms with Crippen LogP contribution in [0.15, 0.2) is 29.6 Å². The Morgan fingerprint density at radius 1 is 1.27 bits per heavy atom. The first kappa shape index (κ1) is 17.8. The van der Waals surface area contributed by atoms with Gasteiger partial charge in [-0.05, 0) is 24.6 Å². The minimum atomic E-state index is -5.03. The van der Waals surface area contributed by atoms with E-state index in [0.29, 0.717) is 6.20 Å². The summed E-state index contributed by atoms with van der Waals surface area (Å²) in [5, 5.41) is 20.0. The highest BCUT2D eigenvalue weighted by atomic mass is 19.4. The quantitative estimate of drug-likeness (QED) is 0.461. The molecule has 1 aromatic carbocycles. The first-order valence-corrected chi connectivity index (χ1v) is 7.22. The predicted molar refractivity (Wildman–Crippen MR) is 77.0 cm³/mol. The molecule has 10 heteroatoms. The van der Waals surface area contributed by atoms with Crippen molar-refractivity contribution in [1.29, 1.82) is 5.26 Å². The summed E-state index contributed by atoms with van der Waals surface area (Å²) in [5.74, 6) is -4.74. The highest BCUT2D eigenvalue weighted by Crippen LogP contribution is 2.43. The van der Waals surface area contributed by atoms with Gasteiger partial charge in [0, 0.05) is 23.9 Å². The van der Waals surface area contributed by atoms with E-state index in [-0.39, 0.29) is 16.9 Å². The summed E-state index contributed by atoms with van der Waals surface area (Å²) in [5.41, 5.74) is -4.45. The number of benzene rings is 1. The van der Waals surface area contributed by atoms with Crippen molar-refractivity contribution >= 4 is 5.71 Å². The minimum absolute atomic E-state index is 0.0486. The maximum atomic E-state index is 14.2. The number of nitrogens with zero attached hydrogens (tertiary/aromatic N) is 3. The number of halogens is 6. The van der Waals surface area contributed by atoms with Crippen LogP contribution in [0.3, 0.4) is 0 Å². The van der Waals surface area contributed by atoms with Gasteiger partial charge in [-0.25, -0.2) is 4.39 Å². The van der Waals surface area contributed by atoms with Crippen LogP contribution >= 0.6 is 0 Å². The fourth-order valence-corrected chi connectivity index (χ4v) is 2.96. The summed E-state index contributed by atoms with van der Waals surface area (Å²) in [6.45, 7) is 0. The number of oxime groups is 1. The van der Waals surface area contributed by atoms with E-state index in [1.807, 2.05) is 0 Å². The summed E-state index contributed by atoms with van der Waals surface area (Å²) in [6.07, 6.45) is -5.92. The van der Waals surface area contributed by atoms with Gasteiger partial charge >= 0.3 is 6.18 Å². The number of hydrogen-bond donors (Lipinski definition) is 1. The van der Waals surface area contributed by atoms with Gasteiger partial charge in [0.1, 0.15) is 5.82 Å². The van der Waals surface area contributed by atoms with Crippen LogP contribution in [0.5, 0.6) is 0 Å². The fourth-order valence-electron chi connectivity index (χ4n) is 2.96. The molecule has 0 saturated heterocycles. The lowest BCUT2D eigenvalue weighted by atomic mass is 9.89. The molecule has 0 aliphatic heterocycles. The van der Waals surface area contributed by atoms with Crippen LogP contribution in [0.2, 0.25) is 0 Å². The van der Waals surface area contributed by atoms with Crippen molar-refractivity contribution in [3.63, 3.8) is 0 Å². The van der Waals surface area contributed by atoms with E-state index in [2.05, 4.69) is 5.16 Å². The van der Waals surface area contributed by atoms with Gasteiger partial charge in [0.25, 0.3) is 5.92 Å². The second kappa shape index (κ2) is 5.79. The molecule has 3 rings (SSSR count). The highest BCUT2D eigenvalue weighted by Gasteiger charge is 2.49. The molecule has 0 fully saturated rings. The van der Waals surface area contributed by atoms with Crippen molar-refractivity contribution in [3.05, 3.63) is 52.6 Å². The monoisotopic (exact) mass is 373 g/mol. The zero-order valence-corrected chi connectivity index (χ0v) is 12.8. The standard InChI is InChI=1S/C16H9F6N3O/c17-10-5-8(6-23)1-2-11(10)25-7-9(16(20,21)22)13-12(25)3-4-15(18,19)14(13)24-26/h1-2,5,7,26H,3-4H2/b24-14-. The minimum Gasteiger partial charge on any atom is -0.410 e. The van der Waals surface area contributed by atoms with Crippen molar-refractivity contribution in [2.75, 3.05) is 0 Å².